The molecule has 0 spiro atoms. The maximum absolute atomic E-state index is 12.2. The summed E-state index contributed by atoms with van der Waals surface area (Å²) in [5.74, 6) is -0.794. The summed E-state index contributed by atoms with van der Waals surface area (Å²) in [6.07, 6.45) is 1.35. The zero-order valence-corrected chi connectivity index (χ0v) is 20.0. The molecule has 3 N–H and O–H groups in total. The van der Waals surface area contributed by atoms with Gasteiger partial charge < -0.3 is 24.8 Å². The van der Waals surface area contributed by atoms with Crippen LogP contribution < -0.4 is 30.3 Å². The summed E-state index contributed by atoms with van der Waals surface area (Å²) in [5, 5.41) is 9.01. The lowest BCUT2D eigenvalue weighted by molar-refractivity contribution is -0.136. The Bertz CT molecular complexity index is 1260. The number of aryl methyl sites for hydroxylation is 1. The highest BCUT2D eigenvalue weighted by Crippen LogP contribution is 2.27. The molecule has 0 aromatic heterocycles. The second-order valence-corrected chi connectivity index (χ2v) is 7.50. The first kappa shape index (κ1) is 25.8. The molecule has 3 aromatic carbocycles. The molecule has 0 bridgehead atoms. The highest BCUT2D eigenvalue weighted by molar-refractivity contribution is 6.39. The fourth-order valence-electron chi connectivity index (χ4n) is 2.97. The Morgan fingerprint density at radius 3 is 2.33 bits per heavy atom. The second-order valence-electron chi connectivity index (χ2n) is 7.50. The van der Waals surface area contributed by atoms with Gasteiger partial charge in [0.05, 0.1) is 20.4 Å². The van der Waals surface area contributed by atoms with Crippen LogP contribution in [0.15, 0.2) is 71.8 Å². The standard InChI is InChI=1S/C26H26N4O6/c1-17-7-10-19(11-8-17)29-25(32)26(33)30-27-15-18-9-12-22(23(13-18)35-3)36-16-24(31)28-20-5-4-6-21(14-20)34-2/h4-15H,16H2,1-3H3,(H,28,31)(H,29,32)(H,30,33)/b27-15-. The predicted molar refractivity (Wildman–Crippen MR) is 136 cm³/mol. The zero-order valence-electron chi connectivity index (χ0n) is 20.0. The molecule has 36 heavy (non-hydrogen) atoms. The topological polar surface area (TPSA) is 127 Å². The number of amides is 3. The molecule has 0 radical (unpaired) electrons. The number of anilines is 2. The first-order valence-corrected chi connectivity index (χ1v) is 10.8. The Morgan fingerprint density at radius 1 is 0.833 bits per heavy atom. The maximum Gasteiger partial charge on any atom is 0.329 e. The maximum atomic E-state index is 12.2. The number of benzene rings is 3. The van der Waals surface area contributed by atoms with E-state index in [-0.39, 0.29) is 12.5 Å². The van der Waals surface area contributed by atoms with E-state index in [4.69, 9.17) is 14.2 Å². The number of carbonyl (C=O) groups excluding carboxylic acids is 3. The van der Waals surface area contributed by atoms with Crippen molar-refractivity contribution in [3.8, 4) is 17.2 Å². The van der Waals surface area contributed by atoms with Crippen LogP contribution >= 0.6 is 0 Å². The van der Waals surface area contributed by atoms with Crippen molar-refractivity contribution in [1.82, 2.24) is 5.43 Å². The third-order valence-electron chi connectivity index (χ3n) is 4.80. The number of hydrogen-bond donors (Lipinski definition) is 3. The van der Waals surface area contributed by atoms with Crippen LogP contribution in [-0.2, 0) is 14.4 Å². The fourth-order valence-corrected chi connectivity index (χ4v) is 2.97. The molecule has 186 valence electrons. The van der Waals surface area contributed by atoms with E-state index in [1.807, 2.05) is 19.1 Å². The van der Waals surface area contributed by atoms with Crippen LogP contribution in [0.25, 0.3) is 0 Å². The Morgan fingerprint density at radius 2 is 1.61 bits per heavy atom. The lowest BCUT2D eigenvalue weighted by Crippen LogP contribution is -2.32. The van der Waals surface area contributed by atoms with Gasteiger partial charge in [-0.1, -0.05) is 23.8 Å². The monoisotopic (exact) mass is 490 g/mol. The quantitative estimate of drug-likeness (QED) is 0.240. The van der Waals surface area contributed by atoms with Crippen molar-refractivity contribution in [3.63, 3.8) is 0 Å². The number of ether oxygens (including phenoxy) is 3. The van der Waals surface area contributed by atoms with Gasteiger partial charge in [0, 0.05) is 17.4 Å². The highest BCUT2D eigenvalue weighted by atomic mass is 16.5. The van der Waals surface area contributed by atoms with E-state index in [2.05, 4.69) is 21.2 Å². The van der Waals surface area contributed by atoms with Gasteiger partial charge in [0.1, 0.15) is 5.75 Å². The van der Waals surface area contributed by atoms with Crippen LogP contribution in [0.2, 0.25) is 0 Å². The van der Waals surface area contributed by atoms with Crippen LogP contribution in [-0.4, -0.2) is 44.8 Å². The van der Waals surface area contributed by atoms with Gasteiger partial charge in [0.25, 0.3) is 5.91 Å². The number of methoxy groups -OCH3 is 2. The summed E-state index contributed by atoms with van der Waals surface area (Å²) in [5.41, 5.74) is 4.85. The molecule has 3 amide bonds. The average Bonchev–Trinajstić information content (AvgIpc) is 2.89. The molecular weight excluding hydrogens is 464 g/mol. The molecule has 0 saturated heterocycles. The lowest BCUT2D eigenvalue weighted by Gasteiger charge is -2.12. The second kappa shape index (κ2) is 12.6. The molecule has 0 aliphatic heterocycles. The van der Waals surface area contributed by atoms with Crippen LogP contribution in [0, 0.1) is 6.92 Å². The minimum Gasteiger partial charge on any atom is -0.497 e. The molecule has 0 atom stereocenters. The minimum atomic E-state index is -0.916. The summed E-state index contributed by atoms with van der Waals surface area (Å²) in [6, 6.07) is 18.9. The summed E-state index contributed by atoms with van der Waals surface area (Å²) >= 11 is 0. The summed E-state index contributed by atoms with van der Waals surface area (Å²) in [4.78, 5) is 36.2. The average molecular weight is 491 g/mol. The molecule has 0 saturated carbocycles. The largest absolute Gasteiger partial charge is 0.497 e. The predicted octanol–water partition coefficient (Wildman–Crippen LogP) is 3.12. The van der Waals surface area contributed by atoms with Crippen molar-refractivity contribution < 1.29 is 28.6 Å². The van der Waals surface area contributed by atoms with Crippen molar-refractivity contribution >= 4 is 35.3 Å². The molecule has 10 heteroatoms. The van der Waals surface area contributed by atoms with E-state index in [0.717, 1.165) is 5.56 Å². The van der Waals surface area contributed by atoms with Gasteiger partial charge in [-0.25, -0.2) is 5.43 Å². The number of hydrazone groups is 1. The number of carbonyl (C=O) groups is 3. The summed E-state index contributed by atoms with van der Waals surface area (Å²) < 4.78 is 16.0. The minimum absolute atomic E-state index is 0.243. The SMILES string of the molecule is COc1cccc(NC(=O)COc2ccc(/C=N\NC(=O)C(=O)Nc3ccc(C)cc3)cc2OC)c1. The number of rotatable bonds is 9. The third-order valence-corrected chi connectivity index (χ3v) is 4.80. The molecule has 0 aliphatic carbocycles. The van der Waals surface area contributed by atoms with Crippen molar-refractivity contribution in [2.75, 3.05) is 31.5 Å². The van der Waals surface area contributed by atoms with Crippen LogP contribution in [0.5, 0.6) is 17.2 Å². The smallest absolute Gasteiger partial charge is 0.329 e. The number of nitrogens with zero attached hydrogens (tertiary/aromatic N) is 1. The van der Waals surface area contributed by atoms with Crippen molar-refractivity contribution in [2.24, 2.45) is 5.10 Å². The Balaban J connectivity index is 1.52. The lowest BCUT2D eigenvalue weighted by atomic mass is 10.2. The van der Waals surface area contributed by atoms with Gasteiger partial charge in [0.15, 0.2) is 18.1 Å². The molecule has 3 aromatic rings. The van der Waals surface area contributed by atoms with E-state index in [1.165, 1.54) is 13.3 Å². The Hall–Kier alpha value is -4.86. The van der Waals surface area contributed by atoms with Gasteiger partial charge in [-0.15, -0.1) is 0 Å². The molecule has 0 heterocycles. The summed E-state index contributed by atoms with van der Waals surface area (Å²) in [7, 11) is 3.00. The van der Waals surface area contributed by atoms with Gasteiger partial charge in [-0.2, -0.15) is 5.10 Å². The van der Waals surface area contributed by atoms with Gasteiger partial charge in [-0.3, -0.25) is 14.4 Å². The molecule has 10 nitrogen and oxygen atoms in total. The molecule has 0 aliphatic rings. The third kappa shape index (κ3) is 7.59. The van der Waals surface area contributed by atoms with E-state index in [9.17, 15) is 14.4 Å². The number of nitrogens with one attached hydrogen (secondary N) is 3. The van der Waals surface area contributed by atoms with E-state index >= 15 is 0 Å². The molecule has 0 fully saturated rings. The van der Waals surface area contributed by atoms with Gasteiger partial charge >= 0.3 is 11.8 Å². The zero-order chi connectivity index (χ0) is 25.9. The molecule has 0 unspecified atom stereocenters. The van der Waals surface area contributed by atoms with Gasteiger partial charge in [-0.05, 0) is 55.0 Å². The van der Waals surface area contributed by atoms with E-state index in [1.54, 1.807) is 61.7 Å². The van der Waals surface area contributed by atoms with Crippen LogP contribution in [0.4, 0.5) is 11.4 Å². The van der Waals surface area contributed by atoms with Crippen molar-refractivity contribution in [2.45, 2.75) is 6.92 Å². The fraction of sp³-hybridized carbons (Fsp3) is 0.154. The van der Waals surface area contributed by atoms with Gasteiger partial charge in [0.2, 0.25) is 0 Å². The Labute approximate surface area is 208 Å². The number of hydrogen-bond acceptors (Lipinski definition) is 7. The molecular formula is C26H26N4O6. The highest BCUT2D eigenvalue weighted by Gasteiger charge is 2.13. The van der Waals surface area contributed by atoms with E-state index in [0.29, 0.717) is 34.2 Å². The molecule has 3 rings (SSSR count). The normalized spacial score (nSPS) is 10.4. The first-order valence-electron chi connectivity index (χ1n) is 10.8. The van der Waals surface area contributed by atoms with Crippen molar-refractivity contribution in [3.05, 3.63) is 77.9 Å². The van der Waals surface area contributed by atoms with E-state index < -0.39 is 11.8 Å². The van der Waals surface area contributed by atoms with Crippen LogP contribution in [0.3, 0.4) is 0 Å². The van der Waals surface area contributed by atoms with Crippen molar-refractivity contribution in [1.29, 1.82) is 0 Å². The first-order chi connectivity index (χ1) is 17.4. The van der Waals surface area contributed by atoms with Crippen LogP contribution in [0.1, 0.15) is 11.1 Å². The summed E-state index contributed by atoms with van der Waals surface area (Å²) in [6.45, 7) is 1.68. The Kier molecular flexibility index (Phi) is 8.99.